The van der Waals surface area contributed by atoms with E-state index in [9.17, 15) is 4.79 Å². The molecule has 2 aromatic carbocycles. The molecule has 4 heteroatoms. The second-order valence-electron chi connectivity index (χ2n) is 7.21. The van der Waals surface area contributed by atoms with Crippen molar-refractivity contribution >= 4 is 11.6 Å². The van der Waals surface area contributed by atoms with Gasteiger partial charge in [0.15, 0.2) is 0 Å². The van der Waals surface area contributed by atoms with Gasteiger partial charge in [0.1, 0.15) is 0 Å². The highest BCUT2D eigenvalue weighted by Crippen LogP contribution is 2.14. The molecule has 0 atom stereocenters. The summed E-state index contributed by atoms with van der Waals surface area (Å²) < 4.78 is 0. The lowest BCUT2D eigenvalue weighted by Gasteiger charge is -2.20. The molecule has 0 saturated carbocycles. The van der Waals surface area contributed by atoms with E-state index in [0.29, 0.717) is 13.0 Å². The van der Waals surface area contributed by atoms with Crippen molar-refractivity contribution in [1.82, 2.24) is 10.2 Å². The molecule has 1 heterocycles. The molecule has 0 spiro atoms. The van der Waals surface area contributed by atoms with Gasteiger partial charge in [0.05, 0.1) is 6.42 Å². The van der Waals surface area contributed by atoms with Crippen LogP contribution in [0.2, 0.25) is 0 Å². The molecule has 1 fully saturated rings. The molecule has 138 valence electrons. The van der Waals surface area contributed by atoms with Crippen molar-refractivity contribution in [3.63, 3.8) is 0 Å². The number of hydrogen-bond acceptors (Lipinski definition) is 3. The fraction of sp³-hybridized carbons (Fsp3) is 0.409. The number of nitrogen functional groups attached to an aromatic ring is 1. The van der Waals surface area contributed by atoms with Crippen LogP contribution in [0.1, 0.15) is 42.4 Å². The van der Waals surface area contributed by atoms with Crippen LogP contribution < -0.4 is 11.1 Å². The van der Waals surface area contributed by atoms with E-state index < -0.39 is 0 Å². The summed E-state index contributed by atoms with van der Waals surface area (Å²) in [7, 11) is 0. The van der Waals surface area contributed by atoms with Crippen molar-refractivity contribution in [2.24, 2.45) is 0 Å². The SMILES string of the molecule is Nc1ccc(CC(=O)NCc2cccc(CN3CCCCCC3)c2)cc1. The summed E-state index contributed by atoms with van der Waals surface area (Å²) in [6.45, 7) is 3.97. The Balaban J connectivity index is 1.49. The third-order valence-corrected chi connectivity index (χ3v) is 4.93. The lowest BCUT2D eigenvalue weighted by Crippen LogP contribution is -2.25. The van der Waals surface area contributed by atoms with Crippen molar-refractivity contribution in [2.75, 3.05) is 18.8 Å². The van der Waals surface area contributed by atoms with Gasteiger partial charge in [0.25, 0.3) is 0 Å². The summed E-state index contributed by atoms with van der Waals surface area (Å²) in [6.07, 6.45) is 5.71. The zero-order valence-electron chi connectivity index (χ0n) is 15.4. The fourth-order valence-corrected chi connectivity index (χ4v) is 3.47. The Kier molecular flexibility index (Phi) is 6.67. The average molecular weight is 351 g/mol. The minimum Gasteiger partial charge on any atom is -0.399 e. The van der Waals surface area contributed by atoms with Crippen LogP contribution in [0.15, 0.2) is 48.5 Å². The van der Waals surface area contributed by atoms with Gasteiger partial charge in [-0.05, 0) is 54.8 Å². The Morgan fingerprint density at radius 2 is 1.62 bits per heavy atom. The summed E-state index contributed by atoms with van der Waals surface area (Å²) in [6, 6.07) is 16.0. The fourth-order valence-electron chi connectivity index (χ4n) is 3.47. The number of nitrogens with zero attached hydrogens (tertiary/aromatic N) is 1. The van der Waals surface area contributed by atoms with Crippen LogP contribution >= 0.6 is 0 Å². The van der Waals surface area contributed by atoms with Crippen LogP contribution in [-0.2, 0) is 24.3 Å². The Morgan fingerprint density at radius 3 is 2.35 bits per heavy atom. The molecular formula is C22H29N3O. The van der Waals surface area contributed by atoms with Gasteiger partial charge in [-0.3, -0.25) is 9.69 Å². The number of carbonyl (C=O) groups excluding carboxylic acids is 1. The van der Waals surface area contributed by atoms with E-state index in [-0.39, 0.29) is 5.91 Å². The Hall–Kier alpha value is -2.33. The number of benzene rings is 2. The number of rotatable bonds is 6. The predicted octanol–water partition coefficient (Wildman–Crippen LogP) is 3.50. The third-order valence-electron chi connectivity index (χ3n) is 4.93. The zero-order chi connectivity index (χ0) is 18.2. The molecule has 2 aromatic rings. The summed E-state index contributed by atoms with van der Waals surface area (Å²) in [4.78, 5) is 14.7. The van der Waals surface area contributed by atoms with Crippen LogP contribution in [0.4, 0.5) is 5.69 Å². The van der Waals surface area contributed by atoms with E-state index in [1.807, 2.05) is 24.3 Å². The number of likely N-dealkylation sites (tertiary alicyclic amines) is 1. The highest BCUT2D eigenvalue weighted by atomic mass is 16.1. The molecule has 3 rings (SSSR count). The molecular weight excluding hydrogens is 322 g/mol. The van der Waals surface area contributed by atoms with Crippen LogP contribution in [0.25, 0.3) is 0 Å². The van der Waals surface area contributed by atoms with E-state index in [2.05, 4.69) is 34.5 Å². The maximum absolute atomic E-state index is 12.2. The van der Waals surface area contributed by atoms with Crippen molar-refractivity contribution in [2.45, 2.75) is 45.2 Å². The lowest BCUT2D eigenvalue weighted by molar-refractivity contribution is -0.120. The number of anilines is 1. The van der Waals surface area contributed by atoms with Gasteiger partial charge in [-0.1, -0.05) is 49.2 Å². The highest BCUT2D eigenvalue weighted by molar-refractivity contribution is 5.78. The molecule has 0 radical (unpaired) electrons. The topological polar surface area (TPSA) is 58.4 Å². The van der Waals surface area contributed by atoms with E-state index >= 15 is 0 Å². The van der Waals surface area contributed by atoms with E-state index in [0.717, 1.165) is 23.4 Å². The van der Waals surface area contributed by atoms with E-state index in [4.69, 9.17) is 5.73 Å². The molecule has 1 amide bonds. The van der Waals surface area contributed by atoms with Crippen LogP contribution in [0.5, 0.6) is 0 Å². The highest BCUT2D eigenvalue weighted by Gasteiger charge is 2.10. The second-order valence-corrected chi connectivity index (χ2v) is 7.21. The molecule has 4 nitrogen and oxygen atoms in total. The predicted molar refractivity (Wildman–Crippen MR) is 107 cm³/mol. The molecule has 26 heavy (non-hydrogen) atoms. The number of amides is 1. The van der Waals surface area contributed by atoms with Crippen LogP contribution in [0.3, 0.4) is 0 Å². The van der Waals surface area contributed by atoms with Gasteiger partial charge >= 0.3 is 0 Å². The summed E-state index contributed by atoms with van der Waals surface area (Å²) >= 11 is 0. The maximum Gasteiger partial charge on any atom is 0.224 e. The smallest absolute Gasteiger partial charge is 0.224 e. The molecule has 1 aliphatic heterocycles. The molecule has 0 bridgehead atoms. The summed E-state index contributed by atoms with van der Waals surface area (Å²) in [5.41, 5.74) is 9.86. The van der Waals surface area contributed by atoms with Crippen molar-refractivity contribution in [3.8, 4) is 0 Å². The minimum atomic E-state index is 0.0349. The van der Waals surface area contributed by atoms with Gasteiger partial charge in [-0.15, -0.1) is 0 Å². The second kappa shape index (κ2) is 9.39. The number of hydrogen-bond donors (Lipinski definition) is 2. The Labute approximate surface area is 156 Å². The first-order valence-electron chi connectivity index (χ1n) is 9.60. The van der Waals surface area contributed by atoms with Gasteiger partial charge in [-0.2, -0.15) is 0 Å². The van der Waals surface area contributed by atoms with E-state index in [1.54, 1.807) is 0 Å². The summed E-state index contributed by atoms with van der Waals surface area (Å²) in [5, 5.41) is 3.02. The standard InChI is InChI=1S/C22H29N3O/c23-21-10-8-18(9-11-21)15-22(26)24-16-19-6-5-7-20(14-19)17-25-12-3-1-2-4-13-25/h5-11,14H,1-4,12-13,15-17,23H2,(H,24,26). The molecule has 1 aliphatic rings. The van der Waals surface area contributed by atoms with Crippen molar-refractivity contribution in [3.05, 3.63) is 65.2 Å². The largest absolute Gasteiger partial charge is 0.399 e. The molecule has 1 saturated heterocycles. The minimum absolute atomic E-state index is 0.0349. The molecule has 0 aromatic heterocycles. The monoisotopic (exact) mass is 351 g/mol. The first kappa shape index (κ1) is 18.5. The van der Waals surface area contributed by atoms with Gasteiger partial charge < -0.3 is 11.1 Å². The lowest BCUT2D eigenvalue weighted by atomic mass is 10.1. The number of nitrogens with one attached hydrogen (secondary N) is 1. The quantitative estimate of drug-likeness (QED) is 0.783. The number of carbonyl (C=O) groups is 1. The normalized spacial score (nSPS) is 15.4. The number of nitrogens with two attached hydrogens (primary N) is 1. The van der Waals surface area contributed by atoms with E-state index in [1.165, 1.54) is 44.3 Å². The van der Waals surface area contributed by atoms with Gasteiger partial charge in [0, 0.05) is 18.8 Å². The van der Waals surface area contributed by atoms with Crippen molar-refractivity contribution < 1.29 is 4.79 Å². The summed E-state index contributed by atoms with van der Waals surface area (Å²) in [5.74, 6) is 0.0349. The molecule has 0 unspecified atom stereocenters. The molecule has 3 N–H and O–H groups in total. The first-order chi connectivity index (χ1) is 12.7. The van der Waals surface area contributed by atoms with Crippen LogP contribution in [-0.4, -0.2) is 23.9 Å². The first-order valence-corrected chi connectivity index (χ1v) is 9.60. The van der Waals surface area contributed by atoms with Crippen molar-refractivity contribution in [1.29, 1.82) is 0 Å². The maximum atomic E-state index is 12.2. The van der Waals surface area contributed by atoms with Gasteiger partial charge in [0.2, 0.25) is 5.91 Å². The zero-order valence-corrected chi connectivity index (χ0v) is 15.4. The average Bonchev–Trinajstić information content (AvgIpc) is 2.91. The Bertz CT molecular complexity index is 704. The van der Waals surface area contributed by atoms with Crippen LogP contribution in [0, 0.1) is 0 Å². The third kappa shape index (κ3) is 5.88. The Morgan fingerprint density at radius 1 is 0.923 bits per heavy atom. The van der Waals surface area contributed by atoms with Gasteiger partial charge in [-0.25, -0.2) is 0 Å². The molecule has 0 aliphatic carbocycles.